The van der Waals surface area contributed by atoms with E-state index in [1.165, 1.54) is 12.3 Å². The SMILES string of the molecule is O=C(NNC(=O)c1ccc(COc2ccccc2)o1)C1=COCCO1. The Morgan fingerprint density at radius 3 is 2.56 bits per heavy atom. The van der Waals surface area contributed by atoms with Crippen molar-refractivity contribution in [3.05, 3.63) is 66.0 Å². The second-order valence-corrected chi connectivity index (χ2v) is 4.98. The number of hydrogen-bond donors (Lipinski definition) is 2. The van der Waals surface area contributed by atoms with Gasteiger partial charge in [-0.3, -0.25) is 20.4 Å². The quantitative estimate of drug-likeness (QED) is 0.798. The minimum absolute atomic E-state index is 0.0112. The number of para-hydroxylation sites is 1. The van der Waals surface area contributed by atoms with E-state index in [4.69, 9.17) is 18.6 Å². The van der Waals surface area contributed by atoms with E-state index in [0.717, 1.165) is 0 Å². The molecule has 1 aliphatic heterocycles. The van der Waals surface area contributed by atoms with Gasteiger partial charge in [-0.05, 0) is 24.3 Å². The first-order chi connectivity index (χ1) is 12.2. The molecule has 0 fully saturated rings. The van der Waals surface area contributed by atoms with Crippen molar-refractivity contribution in [1.82, 2.24) is 10.9 Å². The van der Waals surface area contributed by atoms with Gasteiger partial charge in [-0.25, -0.2) is 0 Å². The highest BCUT2D eigenvalue weighted by molar-refractivity contribution is 5.96. The van der Waals surface area contributed by atoms with E-state index in [1.54, 1.807) is 6.07 Å². The molecule has 1 aromatic carbocycles. The Bertz CT molecular complexity index is 768. The Morgan fingerprint density at radius 1 is 1.00 bits per heavy atom. The predicted octanol–water partition coefficient (Wildman–Crippen LogP) is 1.51. The average molecular weight is 344 g/mol. The van der Waals surface area contributed by atoms with Crippen LogP contribution < -0.4 is 15.6 Å². The molecule has 0 spiro atoms. The zero-order valence-corrected chi connectivity index (χ0v) is 13.2. The lowest BCUT2D eigenvalue weighted by Crippen LogP contribution is -2.43. The van der Waals surface area contributed by atoms with Crippen LogP contribution in [0.3, 0.4) is 0 Å². The fourth-order valence-corrected chi connectivity index (χ4v) is 1.97. The summed E-state index contributed by atoms with van der Waals surface area (Å²) in [6.07, 6.45) is 1.19. The normalized spacial score (nSPS) is 13.0. The zero-order chi connectivity index (χ0) is 17.5. The molecule has 0 saturated heterocycles. The molecule has 1 aromatic heterocycles. The molecule has 2 aromatic rings. The first kappa shape index (κ1) is 16.4. The number of hydrazine groups is 1. The van der Waals surface area contributed by atoms with E-state index in [1.807, 2.05) is 30.3 Å². The second-order valence-electron chi connectivity index (χ2n) is 4.98. The maximum absolute atomic E-state index is 12.0. The van der Waals surface area contributed by atoms with Gasteiger partial charge >= 0.3 is 11.8 Å². The molecule has 0 unspecified atom stereocenters. The van der Waals surface area contributed by atoms with Crippen molar-refractivity contribution in [2.45, 2.75) is 6.61 Å². The smallest absolute Gasteiger partial charge is 0.308 e. The summed E-state index contributed by atoms with van der Waals surface area (Å²) >= 11 is 0. The number of nitrogens with one attached hydrogen (secondary N) is 2. The van der Waals surface area contributed by atoms with Gasteiger partial charge in [0.2, 0.25) is 5.76 Å². The summed E-state index contributed by atoms with van der Waals surface area (Å²) in [7, 11) is 0. The maximum Gasteiger partial charge on any atom is 0.308 e. The van der Waals surface area contributed by atoms with Crippen LogP contribution in [0.15, 0.2) is 58.9 Å². The van der Waals surface area contributed by atoms with E-state index in [-0.39, 0.29) is 24.7 Å². The fourth-order valence-electron chi connectivity index (χ4n) is 1.97. The van der Waals surface area contributed by atoms with Crippen molar-refractivity contribution < 1.29 is 28.2 Å². The minimum Gasteiger partial charge on any atom is -0.494 e. The lowest BCUT2D eigenvalue weighted by Gasteiger charge is -2.14. The lowest BCUT2D eigenvalue weighted by atomic mass is 10.3. The zero-order valence-electron chi connectivity index (χ0n) is 13.2. The second kappa shape index (κ2) is 7.91. The molecule has 8 nitrogen and oxygen atoms in total. The lowest BCUT2D eigenvalue weighted by molar-refractivity contribution is -0.123. The van der Waals surface area contributed by atoms with E-state index >= 15 is 0 Å². The highest BCUT2D eigenvalue weighted by Crippen LogP contribution is 2.13. The first-order valence-electron chi connectivity index (χ1n) is 7.54. The Morgan fingerprint density at radius 2 is 1.80 bits per heavy atom. The Balaban J connectivity index is 1.48. The number of carbonyl (C=O) groups excluding carboxylic acids is 2. The van der Waals surface area contributed by atoms with Crippen LogP contribution in [0, 0.1) is 0 Å². The summed E-state index contributed by atoms with van der Waals surface area (Å²) < 4.78 is 21.0. The van der Waals surface area contributed by atoms with Crippen molar-refractivity contribution >= 4 is 11.8 Å². The summed E-state index contributed by atoms with van der Waals surface area (Å²) in [6.45, 7) is 0.835. The molecule has 3 rings (SSSR count). The highest BCUT2D eigenvalue weighted by Gasteiger charge is 2.17. The molecule has 1 aliphatic rings. The Labute approximate surface area is 143 Å². The van der Waals surface area contributed by atoms with Crippen LogP contribution in [0.25, 0.3) is 0 Å². The van der Waals surface area contributed by atoms with Crippen LogP contribution in [0.4, 0.5) is 0 Å². The summed E-state index contributed by atoms with van der Waals surface area (Å²) in [6, 6.07) is 12.3. The van der Waals surface area contributed by atoms with E-state index in [2.05, 4.69) is 10.9 Å². The third-order valence-electron chi connectivity index (χ3n) is 3.17. The minimum atomic E-state index is -0.618. The molecule has 0 atom stereocenters. The standard InChI is InChI=1S/C17H16N2O6/c20-16(18-19-17(21)15-11-22-8-9-23-15)14-7-6-13(25-14)10-24-12-4-2-1-3-5-12/h1-7,11H,8-10H2,(H,18,20)(H,19,21). The molecule has 0 aliphatic carbocycles. The van der Waals surface area contributed by atoms with Crippen molar-refractivity contribution in [2.75, 3.05) is 13.2 Å². The first-order valence-corrected chi connectivity index (χ1v) is 7.54. The summed E-state index contributed by atoms with van der Waals surface area (Å²) in [5.41, 5.74) is 4.45. The molecule has 25 heavy (non-hydrogen) atoms. The molecule has 0 saturated carbocycles. The predicted molar refractivity (Wildman–Crippen MR) is 85.1 cm³/mol. The van der Waals surface area contributed by atoms with E-state index in [0.29, 0.717) is 18.1 Å². The van der Waals surface area contributed by atoms with Gasteiger partial charge in [-0.15, -0.1) is 0 Å². The van der Waals surface area contributed by atoms with Gasteiger partial charge in [0.05, 0.1) is 0 Å². The summed E-state index contributed by atoms with van der Waals surface area (Å²) in [5, 5.41) is 0. The Hall–Kier alpha value is -3.42. The third-order valence-corrected chi connectivity index (χ3v) is 3.17. The number of ether oxygens (including phenoxy) is 3. The summed E-state index contributed by atoms with van der Waals surface area (Å²) in [4.78, 5) is 23.7. The molecule has 2 heterocycles. The molecular weight excluding hydrogens is 328 g/mol. The van der Waals surface area contributed by atoms with Crippen LogP contribution >= 0.6 is 0 Å². The van der Waals surface area contributed by atoms with Crippen LogP contribution in [0.5, 0.6) is 5.75 Å². The molecule has 2 N–H and O–H groups in total. The molecule has 0 bridgehead atoms. The molecule has 130 valence electrons. The number of benzene rings is 1. The van der Waals surface area contributed by atoms with Gasteiger partial charge in [-0.1, -0.05) is 18.2 Å². The van der Waals surface area contributed by atoms with Gasteiger partial charge in [0.1, 0.15) is 37.6 Å². The van der Waals surface area contributed by atoms with E-state index in [9.17, 15) is 9.59 Å². The molecule has 2 amide bonds. The molecule has 8 heteroatoms. The van der Waals surface area contributed by atoms with Crippen LogP contribution in [0.1, 0.15) is 16.3 Å². The topological polar surface area (TPSA) is 99.0 Å². The van der Waals surface area contributed by atoms with Gasteiger partial charge < -0.3 is 18.6 Å². The highest BCUT2D eigenvalue weighted by atomic mass is 16.6. The third kappa shape index (κ3) is 4.54. The number of furan rings is 1. The van der Waals surface area contributed by atoms with Crippen molar-refractivity contribution in [3.8, 4) is 5.75 Å². The van der Waals surface area contributed by atoms with Gasteiger partial charge in [0, 0.05) is 0 Å². The van der Waals surface area contributed by atoms with Crippen molar-refractivity contribution in [2.24, 2.45) is 0 Å². The van der Waals surface area contributed by atoms with Gasteiger partial charge in [0.15, 0.2) is 5.76 Å². The number of carbonyl (C=O) groups is 2. The summed E-state index contributed by atoms with van der Waals surface area (Å²) in [5.74, 6) is -0.0132. The number of hydrogen-bond acceptors (Lipinski definition) is 6. The van der Waals surface area contributed by atoms with Gasteiger partial charge in [0.25, 0.3) is 0 Å². The van der Waals surface area contributed by atoms with Crippen LogP contribution in [-0.4, -0.2) is 25.0 Å². The number of rotatable bonds is 5. The monoisotopic (exact) mass is 344 g/mol. The van der Waals surface area contributed by atoms with Gasteiger partial charge in [-0.2, -0.15) is 0 Å². The fraction of sp³-hybridized carbons (Fsp3) is 0.176. The molecule has 0 radical (unpaired) electrons. The maximum atomic E-state index is 12.0. The molecular formula is C17H16N2O6. The average Bonchev–Trinajstić information content (AvgIpc) is 3.15. The largest absolute Gasteiger partial charge is 0.494 e. The van der Waals surface area contributed by atoms with E-state index < -0.39 is 11.8 Å². The Kier molecular flexibility index (Phi) is 5.20. The number of amides is 2. The van der Waals surface area contributed by atoms with Crippen LogP contribution in [0.2, 0.25) is 0 Å². The van der Waals surface area contributed by atoms with Crippen LogP contribution in [-0.2, 0) is 20.9 Å². The van der Waals surface area contributed by atoms with Crippen molar-refractivity contribution in [1.29, 1.82) is 0 Å². The van der Waals surface area contributed by atoms with Crippen molar-refractivity contribution in [3.63, 3.8) is 0 Å².